The van der Waals surface area contributed by atoms with Crippen LogP contribution in [-0.4, -0.2) is 33.1 Å². The summed E-state index contributed by atoms with van der Waals surface area (Å²) in [5.41, 5.74) is -0.177. The van der Waals surface area contributed by atoms with Gasteiger partial charge in [0.1, 0.15) is 5.41 Å². The molecule has 0 spiro atoms. The monoisotopic (exact) mass is 313 g/mol. The first-order valence-corrected chi connectivity index (χ1v) is 8.63. The Kier molecular flexibility index (Phi) is 4.10. The summed E-state index contributed by atoms with van der Waals surface area (Å²) in [4.78, 5) is 0. The van der Waals surface area contributed by atoms with Gasteiger partial charge in [-0.2, -0.15) is 5.26 Å². The molecule has 4 nitrogen and oxygen atoms in total. The van der Waals surface area contributed by atoms with E-state index in [-0.39, 0.29) is 12.5 Å². The number of rotatable bonds is 5. The SMILES string of the molecule is CCOC[C@@]1(C#N)[C@H](c2ccc(Cl)cc2)[C@@H]1S(C)(=O)=O. The van der Waals surface area contributed by atoms with Crippen molar-refractivity contribution < 1.29 is 13.2 Å². The molecule has 0 bridgehead atoms. The zero-order chi connectivity index (χ0) is 15.0. The smallest absolute Gasteiger partial charge is 0.152 e. The summed E-state index contributed by atoms with van der Waals surface area (Å²) in [6, 6.07) is 9.13. The molecule has 0 unspecified atom stereocenters. The van der Waals surface area contributed by atoms with Gasteiger partial charge in [-0.1, -0.05) is 23.7 Å². The fourth-order valence-corrected chi connectivity index (χ4v) is 4.76. The van der Waals surface area contributed by atoms with Gasteiger partial charge in [0.15, 0.2) is 9.84 Å². The minimum Gasteiger partial charge on any atom is -0.380 e. The van der Waals surface area contributed by atoms with Gasteiger partial charge < -0.3 is 4.74 Å². The van der Waals surface area contributed by atoms with Crippen molar-refractivity contribution in [1.82, 2.24) is 0 Å². The van der Waals surface area contributed by atoms with E-state index in [0.717, 1.165) is 5.56 Å². The maximum atomic E-state index is 11.9. The average molecular weight is 314 g/mol. The molecular weight excluding hydrogens is 298 g/mol. The number of halogens is 1. The third-order valence-corrected chi connectivity index (χ3v) is 5.57. The normalized spacial score (nSPS) is 28.9. The standard InChI is InChI=1S/C14H16ClNO3S/c1-3-19-9-14(8-16)12(13(14)20(2,17)18)10-4-6-11(15)7-5-10/h4-7,12-13H,3,9H2,1-2H3/t12-,13+,14+/m1/s1. The fourth-order valence-electron chi connectivity index (χ4n) is 2.78. The van der Waals surface area contributed by atoms with Crippen LogP contribution in [0.2, 0.25) is 5.02 Å². The van der Waals surface area contributed by atoms with Gasteiger partial charge in [-0.05, 0) is 24.6 Å². The topological polar surface area (TPSA) is 67.2 Å². The van der Waals surface area contributed by atoms with E-state index >= 15 is 0 Å². The Hall–Kier alpha value is -1.09. The summed E-state index contributed by atoms with van der Waals surface area (Å²) < 4.78 is 29.2. The van der Waals surface area contributed by atoms with E-state index in [2.05, 4.69) is 6.07 Å². The summed E-state index contributed by atoms with van der Waals surface area (Å²) in [6.45, 7) is 2.40. The molecule has 0 amide bonds. The molecule has 1 saturated carbocycles. The van der Waals surface area contributed by atoms with Crippen molar-refractivity contribution in [3.05, 3.63) is 34.9 Å². The lowest BCUT2D eigenvalue weighted by Crippen LogP contribution is -2.18. The minimum atomic E-state index is -3.32. The van der Waals surface area contributed by atoms with Gasteiger partial charge in [-0.3, -0.25) is 0 Å². The first kappa shape index (κ1) is 15.3. The van der Waals surface area contributed by atoms with E-state index < -0.39 is 20.5 Å². The maximum absolute atomic E-state index is 11.9. The fraction of sp³-hybridized carbons (Fsp3) is 0.500. The molecule has 0 aliphatic heterocycles. The first-order chi connectivity index (χ1) is 9.36. The average Bonchev–Trinajstić information content (AvgIpc) is 3.07. The van der Waals surface area contributed by atoms with Crippen LogP contribution in [0, 0.1) is 16.7 Å². The van der Waals surface area contributed by atoms with E-state index in [4.69, 9.17) is 16.3 Å². The van der Waals surface area contributed by atoms with Gasteiger partial charge in [-0.25, -0.2) is 8.42 Å². The molecule has 0 N–H and O–H groups in total. The zero-order valence-corrected chi connectivity index (χ0v) is 12.9. The molecule has 20 heavy (non-hydrogen) atoms. The van der Waals surface area contributed by atoms with Gasteiger partial charge in [0.2, 0.25) is 0 Å². The molecular formula is C14H16ClNO3S. The van der Waals surface area contributed by atoms with Gasteiger partial charge in [0, 0.05) is 23.8 Å². The maximum Gasteiger partial charge on any atom is 0.152 e. The van der Waals surface area contributed by atoms with E-state index in [1.165, 1.54) is 6.26 Å². The highest BCUT2D eigenvalue weighted by Crippen LogP contribution is 2.62. The van der Waals surface area contributed by atoms with Crippen LogP contribution in [0.3, 0.4) is 0 Å². The number of hydrogen-bond donors (Lipinski definition) is 0. The van der Waals surface area contributed by atoms with Crippen molar-refractivity contribution in [1.29, 1.82) is 5.26 Å². The van der Waals surface area contributed by atoms with E-state index in [1.807, 2.05) is 6.92 Å². The Balaban J connectivity index is 2.40. The summed E-state index contributed by atoms with van der Waals surface area (Å²) in [5.74, 6) is -0.355. The second-order valence-electron chi connectivity index (χ2n) is 5.07. The predicted octanol–water partition coefficient (Wildman–Crippen LogP) is 2.40. The van der Waals surface area contributed by atoms with Gasteiger partial charge >= 0.3 is 0 Å². The van der Waals surface area contributed by atoms with Crippen LogP contribution in [0.1, 0.15) is 18.4 Å². The zero-order valence-electron chi connectivity index (χ0n) is 11.3. The molecule has 0 heterocycles. The second-order valence-corrected chi connectivity index (χ2v) is 7.67. The number of nitriles is 1. The highest BCUT2D eigenvalue weighted by Gasteiger charge is 2.71. The number of ether oxygens (including phenoxy) is 1. The molecule has 1 aromatic carbocycles. The molecule has 1 aliphatic rings. The number of benzene rings is 1. The number of nitrogens with zero attached hydrogens (tertiary/aromatic N) is 1. The molecule has 0 aromatic heterocycles. The van der Waals surface area contributed by atoms with E-state index in [9.17, 15) is 13.7 Å². The molecule has 2 rings (SSSR count). The molecule has 108 valence electrons. The number of sulfone groups is 1. The molecule has 1 aromatic rings. The molecule has 1 fully saturated rings. The lowest BCUT2D eigenvalue weighted by atomic mass is 10.0. The Bertz CT molecular complexity index is 635. The summed E-state index contributed by atoms with van der Waals surface area (Å²) in [5, 5.41) is 9.35. The summed E-state index contributed by atoms with van der Waals surface area (Å²) in [7, 11) is -3.32. The van der Waals surface area contributed by atoms with Gasteiger partial charge in [0.25, 0.3) is 0 Å². The Morgan fingerprint density at radius 2 is 2.00 bits per heavy atom. The molecule has 1 aliphatic carbocycles. The minimum absolute atomic E-state index is 0.130. The van der Waals surface area contributed by atoms with Crippen LogP contribution in [0.4, 0.5) is 0 Å². The molecule has 0 saturated heterocycles. The summed E-state index contributed by atoms with van der Waals surface area (Å²) in [6.07, 6.45) is 1.17. The Morgan fingerprint density at radius 3 is 2.45 bits per heavy atom. The van der Waals surface area contributed by atoms with Crippen molar-refractivity contribution in [2.45, 2.75) is 18.1 Å². The van der Waals surface area contributed by atoms with E-state index in [1.54, 1.807) is 24.3 Å². The van der Waals surface area contributed by atoms with Crippen LogP contribution in [-0.2, 0) is 14.6 Å². The summed E-state index contributed by atoms with van der Waals surface area (Å²) >= 11 is 5.84. The van der Waals surface area contributed by atoms with Gasteiger partial charge in [-0.15, -0.1) is 0 Å². The highest BCUT2D eigenvalue weighted by molar-refractivity contribution is 7.91. The second kappa shape index (κ2) is 5.36. The van der Waals surface area contributed by atoms with Crippen LogP contribution in [0.25, 0.3) is 0 Å². The third kappa shape index (κ3) is 2.56. The van der Waals surface area contributed by atoms with Crippen molar-refractivity contribution in [2.24, 2.45) is 5.41 Å². The van der Waals surface area contributed by atoms with Crippen molar-refractivity contribution in [2.75, 3.05) is 19.5 Å². The van der Waals surface area contributed by atoms with Crippen molar-refractivity contribution in [3.8, 4) is 6.07 Å². The third-order valence-electron chi connectivity index (χ3n) is 3.70. The highest BCUT2D eigenvalue weighted by atomic mass is 35.5. The van der Waals surface area contributed by atoms with Crippen molar-refractivity contribution >= 4 is 21.4 Å². The Labute approximate surface area is 124 Å². The van der Waals surface area contributed by atoms with Crippen LogP contribution < -0.4 is 0 Å². The lowest BCUT2D eigenvalue weighted by Gasteiger charge is -2.08. The van der Waals surface area contributed by atoms with Crippen LogP contribution >= 0.6 is 11.6 Å². The quantitative estimate of drug-likeness (QED) is 0.837. The Morgan fingerprint density at radius 1 is 1.40 bits per heavy atom. The first-order valence-electron chi connectivity index (χ1n) is 6.30. The van der Waals surface area contributed by atoms with Crippen LogP contribution in [0.5, 0.6) is 0 Å². The molecule has 6 heteroatoms. The largest absolute Gasteiger partial charge is 0.380 e. The number of hydrogen-bond acceptors (Lipinski definition) is 4. The van der Waals surface area contributed by atoms with Gasteiger partial charge in [0.05, 0.1) is 17.9 Å². The lowest BCUT2D eigenvalue weighted by molar-refractivity contribution is 0.117. The molecule has 0 radical (unpaired) electrons. The predicted molar refractivity (Wildman–Crippen MR) is 77.4 cm³/mol. The van der Waals surface area contributed by atoms with Crippen LogP contribution in [0.15, 0.2) is 24.3 Å². The van der Waals surface area contributed by atoms with Crippen molar-refractivity contribution in [3.63, 3.8) is 0 Å². The molecule has 3 atom stereocenters. The van der Waals surface area contributed by atoms with E-state index in [0.29, 0.717) is 11.6 Å².